The Morgan fingerprint density at radius 3 is 2.88 bits per heavy atom. The van der Waals surface area contributed by atoms with Crippen molar-refractivity contribution in [3.63, 3.8) is 0 Å². The Morgan fingerprint density at radius 2 is 2.12 bits per heavy atom. The van der Waals surface area contributed by atoms with Crippen LogP contribution in [0.2, 0.25) is 0 Å². The fourth-order valence-corrected chi connectivity index (χ4v) is 1.61. The molecule has 0 spiro atoms. The zero-order chi connectivity index (χ0) is 11.2. The third-order valence-electron chi connectivity index (χ3n) is 2.06. The summed E-state index contributed by atoms with van der Waals surface area (Å²) in [6.07, 6.45) is 2.07. The molecule has 0 amide bonds. The number of benzene rings is 1. The molecule has 2 aromatic rings. The Labute approximate surface area is 98.2 Å². The van der Waals surface area contributed by atoms with Crippen molar-refractivity contribution >= 4 is 17.7 Å². The first-order valence-corrected chi connectivity index (χ1v) is 6.38. The van der Waals surface area contributed by atoms with Gasteiger partial charge in [0, 0.05) is 12.3 Å². The van der Waals surface area contributed by atoms with E-state index in [0.29, 0.717) is 5.95 Å². The Kier molecular flexibility index (Phi) is 3.76. The normalized spacial score (nSPS) is 10.3. The van der Waals surface area contributed by atoms with Crippen LogP contribution in [-0.2, 0) is 0 Å². The van der Waals surface area contributed by atoms with Crippen molar-refractivity contribution < 1.29 is 0 Å². The van der Waals surface area contributed by atoms with Crippen LogP contribution in [-0.4, -0.2) is 38.8 Å². The van der Waals surface area contributed by atoms with E-state index < -0.39 is 0 Å². The van der Waals surface area contributed by atoms with Gasteiger partial charge in [-0.3, -0.25) is 0 Å². The van der Waals surface area contributed by atoms with E-state index in [4.69, 9.17) is 0 Å². The van der Waals surface area contributed by atoms with E-state index in [1.54, 1.807) is 16.4 Å². The number of nitrogens with one attached hydrogen (secondary N) is 1. The molecule has 0 aliphatic heterocycles. The summed E-state index contributed by atoms with van der Waals surface area (Å²) >= 11 is 1.78. The lowest BCUT2D eigenvalue weighted by atomic mass is 10.3. The van der Waals surface area contributed by atoms with Crippen LogP contribution in [0.5, 0.6) is 0 Å². The number of anilines is 1. The third-order valence-corrected chi connectivity index (χ3v) is 2.67. The Morgan fingerprint density at radius 1 is 1.31 bits per heavy atom. The van der Waals surface area contributed by atoms with Gasteiger partial charge >= 0.3 is 0 Å². The molecule has 2 rings (SSSR count). The van der Waals surface area contributed by atoms with Crippen LogP contribution in [0.1, 0.15) is 0 Å². The van der Waals surface area contributed by atoms with Crippen LogP contribution in [0.4, 0.5) is 5.95 Å². The van der Waals surface area contributed by atoms with Crippen molar-refractivity contribution in [3.8, 4) is 5.69 Å². The average molecular weight is 235 g/mol. The first kappa shape index (κ1) is 10.9. The van der Waals surface area contributed by atoms with E-state index in [9.17, 15) is 0 Å². The SMILES string of the molecule is CSCCNc1nnnn1-c1ccccc1. The van der Waals surface area contributed by atoms with Gasteiger partial charge in [-0.1, -0.05) is 23.3 Å². The van der Waals surface area contributed by atoms with Crippen molar-refractivity contribution in [1.29, 1.82) is 0 Å². The molecule has 0 saturated carbocycles. The summed E-state index contributed by atoms with van der Waals surface area (Å²) in [6, 6.07) is 9.83. The zero-order valence-corrected chi connectivity index (χ0v) is 9.81. The summed E-state index contributed by atoms with van der Waals surface area (Å²) in [5.41, 5.74) is 0.958. The van der Waals surface area contributed by atoms with Crippen LogP contribution in [0, 0.1) is 0 Å². The second-order valence-corrected chi connectivity index (χ2v) is 4.16. The van der Waals surface area contributed by atoms with Gasteiger partial charge in [-0.05, 0) is 28.8 Å². The van der Waals surface area contributed by atoms with E-state index >= 15 is 0 Å². The standard InChI is InChI=1S/C10H13N5S/c1-16-8-7-11-10-12-13-14-15(10)9-5-3-2-4-6-9/h2-6H,7-8H2,1H3,(H,11,12,14). The summed E-state index contributed by atoms with van der Waals surface area (Å²) in [5.74, 6) is 1.71. The van der Waals surface area contributed by atoms with Crippen LogP contribution < -0.4 is 5.32 Å². The van der Waals surface area contributed by atoms with Crippen molar-refractivity contribution in [2.75, 3.05) is 23.9 Å². The van der Waals surface area contributed by atoms with Gasteiger partial charge < -0.3 is 5.32 Å². The smallest absolute Gasteiger partial charge is 0.247 e. The summed E-state index contributed by atoms with van der Waals surface area (Å²) in [4.78, 5) is 0. The first-order chi connectivity index (χ1) is 7.92. The molecule has 0 unspecified atom stereocenters. The van der Waals surface area contributed by atoms with E-state index in [1.165, 1.54) is 0 Å². The predicted molar refractivity (Wildman–Crippen MR) is 66.0 cm³/mol. The van der Waals surface area contributed by atoms with Crippen molar-refractivity contribution in [2.24, 2.45) is 0 Å². The maximum absolute atomic E-state index is 3.95. The highest BCUT2D eigenvalue weighted by molar-refractivity contribution is 7.98. The highest BCUT2D eigenvalue weighted by atomic mass is 32.2. The Hall–Kier alpha value is -1.56. The highest BCUT2D eigenvalue weighted by Crippen LogP contribution is 2.10. The molecule has 0 atom stereocenters. The molecule has 1 aromatic carbocycles. The number of rotatable bonds is 5. The second-order valence-electron chi connectivity index (χ2n) is 3.17. The number of thioether (sulfide) groups is 1. The molecular weight excluding hydrogens is 222 g/mol. The molecule has 84 valence electrons. The fraction of sp³-hybridized carbons (Fsp3) is 0.300. The third kappa shape index (κ3) is 2.52. The zero-order valence-electron chi connectivity index (χ0n) is 9.00. The lowest BCUT2D eigenvalue weighted by molar-refractivity contribution is 0.790. The van der Waals surface area contributed by atoms with Crippen LogP contribution in [0.3, 0.4) is 0 Å². The van der Waals surface area contributed by atoms with Gasteiger partial charge in [0.1, 0.15) is 0 Å². The van der Waals surface area contributed by atoms with E-state index in [-0.39, 0.29) is 0 Å². The minimum Gasteiger partial charge on any atom is -0.352 e. The minimum absolute atomic E-state index is 0.681. The molecule has 16 heavy (non-hydrogen) atoms. The van der Waals surface area contributed by atoms with Crippen molar-refractivity contribution in [3.05, 3.63) is 30.3 Å². The summed E-state index contributed by atoms with van der Waals surface area (Å²) < 4.78 is 1.69. The molecule has 5 nitrogen and oxygen atoms in total. The molecule has 0 bridgehead atoms. The van der Waals surface area contributed by atoms with Gasteiger partial charge in [0.25, 0.3) is 0 Å². The molecule has 0 aliphatic rings. The molecule has 0 saturated heterocycles. The van der Waals surface area contributed by atoms with Crippen LogP contribution in [0.15, 0.2) is 30.3 Å². The van der Waals surface area contributed by atoms with Crippen molar-refractivity contribution in [2.45, 2.75) is 0 Å². The van der Waals surface area contributed by atoms with Crippen LogP contribution in [0.25, 0.3) is 5.69 Å². The molecule has 0 fully saturated rings. The molecular formula is C10H13N5S. The van der Waals surface area contributed by atoms with E-state index in [2.05, 4.69) is 27.1 Å². The molecule has 1 heterocycles. The number of tetrazole rings is 1. The highest BCUT2D eigenvalue weighted by Gasteiger charge is 2.05. The summed E-state index contributed by atoms with van der Waals surface area (Å²) in [7, 11) is 0. The van der Waals surface area contributed by atoms with Gasteiger partial charge in [-0.2, -0.15) is 16.4 Å². The van der Waals surface area contributed by atoms with Crippen molar-refractivity contribution in [1.82, 2.24) is 20.2 Å². The lowest BCUT2D eigenvalue weighted by Crippen LogP contribution is -2.10. The molecule has 1 N–H and O–H groups in total. The quantitative estimate of drug-likeness (QED) is 0.795. The Balaban J connectivity index is 2.13. The van der Waals surface area contributed by atoms with E-state index in [0.717, 1.165) is 18.0 Å². The average Bonchev–Trinajstić information content (AvgIpc) is 2.79. The maximum atomic E-state index is 3.95. The minimum atomic E-state index is 0.681. The fourth-order valence-electron chi connectivity index (χ4n) is 1.31. The van der Waals surface area contributed by atoms with Gasteiger partial charge in [-0.25, -0.2) is 0 Å². The topological polar surface area (TPSA) is 55.6 Å². The number of hydrogen-bond acceptors (Lipinski definition) is 5. The van der Waals surface area contributed by atoms with Gasteiger partial charge in [0.05, 0.1) is 5.69 Å². The lowest BCUT2D eigenvalue weighted by Gasteiger charge is -2.05. The molecule has 0 radical (unpaired) electrons. The largest absolute Gasteiger partial charge is 0.352 e. The van der Waals surface area contributed by atoms with Gasteiger partial charge in [0.15, 0.2) is 0 Å². The van der Waals surface area contributed by atoms with Gasteiger partial charge in [0.2, 0.25) is 5.95 Å². The number of hydrogen-bond donors (Lipinski definition) is 1. The molecule has 0 aliphatic carbocycles. The number of aromatic nitrogens is 4. The predicted octanol–water partition coefficient (Wildman–Crippen LogP) is 1.44. The second kappa shape index (κ2) is 5.50. The molecule has 1 aromatic heterocycles. The monoisotopic (exact) mass is 235 g/mol. The molecule has 6 heteroatoms. The Bertz CT molecular complexity index is 428. The maximum Gasteiger partial charge on any atom is 0.247 e. The number of nitrogens with zero attached hydrogens (tertiary/aromatic N) is 4. The first-order valence-electron chi connectivity index (χ1n) is 4.98. The van der Waals surface area contributed by atoms with E-state index in [1.807, 2.05) is 30.3 Å². The van der Waals surface area contributed by atoms with Crippen LogP contribution >= 0.6 is 11.8 Å². The summed E-state index contributed by atoms with van der Waals surface area (Å²) in [6.45, 7) is 0.856. The number of para-hydroxylation sites is 1. The van der Waals surface area contributed by atoms with Gasteiger partial charge in [-0.15, -0.1) is 0 Å². The summed E-state index contributed by atoms with van der Waals surface area (Å²) in [5, 5.41) is 14.8.